The molecular formula is C14H23NO3. The van der Waals surface area contributed by atoms with Crippen LogP contribution in [0.1, 0.15) is 13.8 Å². The van der Waals surface area contributed by atoms with E-state index in [0.29, 0.717) is 6.61 Å². The van der Waals surface area contributed by atoms with E-state index in [2.05, 4.69) is 5.32 Å². The quantitative estimate of drug-likeness (QED) is 0.684. The molecular weight excluding hydrogens is 230 g/mol. The monoisotopic (exact) mass is 253 g/mol. The van der Waals surface area contributed by atoms with Crippen LogP contribution in [0, 0.1) is 0 Å². The Morgan fingerprint density at radius 2 is 1.83 bits per heavy atom. The zero-order valence-corrected chi connectivity index (χ0v) is 11.4. The van der Waals surface area contributed by atoms with Crippen LogP contribution in [0.3, 0.4) is 0 Å². The van der Waals surface area contributed by atoms with E-state index in [0.717, 1.165) is 31.2 Å². The summed E-state index contributed by atoms with van der Waals surface area (Å²) < 4.78 is 16.1. The van der Waals surface area contributed by atoms with Crippen LogP contribution in [-0.2, 0) is 4.74 Å². The summed E-state index contributed by atoms with van der Waals surface area (Å²) in [5.74, 6) is 1.73. The number of nitrogens with one attached hydrogen (secondary N) is 1. The lowest BCUT2D eigenvalue weighted by Gasteiger charge is -2.15. The molecule has 1 unspecified atom stereocenters. The lowest BCUT2D eigenvalue weighted by Crippen LogP contribution is -2.31. The highest BCUT2D eigenvalue weighted by atomic mass is 16.5. The number of methoxy groups -OCH3 is 1. The van der Waals surface area contributed by atoms with Crippen molar-refractivity contribution in [2.75, 3.05) is 33.4 Å². The van der Waals surface area contributed by atoms with Gasteiger partial charge in [-0.3, -0.25) is 0 Å². The largest absolute Gasteiger partial charge is 0.494 e. The molecule has 102 valence electrons. The highest BCUT2D eigenvalue weighted by Crippen LogP contribution is 2.18. The van der Waals surface area contributed by atoms with Gasteiger partial charge in [0.15, 0.2) is 0 Å². The minimum Gasteiger partial charge on any atom is -0.494 e. The third kappa shape index (κ3) is 5.89. The van der Waals surface area contributed by atoms with Gasteiger partial charge in [-0.2, -0.15) is 0 Å². The molecule has 0 aromatic heterocycles. The van der Waals surface area contributed by atoms with Crippen LogP contribution < -0.4 is 14.8 Å². The van der Waals surface area contributed by atoms with Gasteiger partial charge in [0, 0.05) is 20.2 Å². The van der Waals surface area contributed by atoms with Crippen molar-refractivity contribution in [1.82, 2.24) is 5.32 Å². The maximum Gasteiger partial charge on any atom is 0.120 e. The van der Waals surface area contributed by atoms with Crippen LogP contribution in [-0.4, -0.2) is 39.5 Å². The van der Waals surface area contributed by atoms with E-state index >= 15 is 0 Å². The molecule has 0 heterocycles. The third-order valence-corrected chi connectivity index (χ3v) is 2.39. The van der Waals surface area contributed by atoms with Crippen LogP contribution >= 0.6 is 0 Å². The molecule has 1 N–H and O–H groups in total. The molecule has 0 radical (unpaired) electrons. The first-order valence-corrected chi connectivity index (χ1v) is 6.35. The number of ether oxygens (including phenoxy) is 3. The first kappa shape index (κ1) is 14.8. The second-order valence-electron chi connectivity index (χ2n) is 4.03. The number of hydrogen-bond donors (Lipinski definition) is 1. The molecule has 1 rings (SSSR count). The van der Waals surface area contributed by atoms with E-state index in [4.69, 9.17) is 14.2 Å². The fourth-order valence-corrected chi connectivity index (χ4v) is 1.53. The fourth-order valence-electron chi connectivity index (χ4n) is 1.53. The average Bonchev–Trinajstić information content (AvgIpc) is 2.37. The van der Waals surface area contributed by atoms with E-state index in [1.807, 2.05) is 38.1 Å². The Labute approximate surface area is 109 Å². The van der Waals surface area contributed by atoms with E-state index in [1.54, 1.807) is 7.11 Å². The van der Waals surface area contributed by atoms with Crippen molar-refractivity contribution in [1.29, 1.82) is 0 Å². The van der Waals surface area contributed by atoms with E-state index in [-0.39, 0.29) is 6.10 Å². The van der Waals surface area contributed by atoms with Crippen LogP contribution in [0.4, 0.5) is 0 Å². The van der Waals surface area contributed by atoms with Crippen molar-refractivity contribution in [3.05, 3.63) is 24.3 Å². The molecule has 0 aliphatic rings. The summed E-state index contributed by atoms with van der Waals surface area (Å²) in [5, 5.41) is 3.26. The van der Waals surface area contributed by atoms with Crippen LogP contribution in [0.5, 0.6) is 11.5 Å². The highest BCUT2D eigenvalue weighted by Gasteiger charge is 2.03. The second-order valence-corrected chi connectivity index (χ2v) is 4.03. The van der Waals surface area contributed by atoms with Crippen molar-refractivity contribution < 1.29 is 14.2 Å². The van der Waals surface area contributed by atoms with Crippen molar-refractivity contribution in [2.24, 2.45) is 0 Å². The Bertz CT molecular complexity index is 313. The van der Waals surface area contributed by atoms with Gasteiger partial charge in [0.1, 0.15) is 17.6 Å². The molecule has 4 heteroatoms. The molecule has 0 saturated carbocycles. The van der Waals surface area contributed by atoms with E-state index in [1.165, 1.54) is 0 Å². The zero-order valence-electron chi connectivity index (χ0n) is 11.4. The molecule has 1 aromatic carbocycles. The maximum absolute atomic E-state index is 5.77. The summed E-state index contributed by atoms with van der Waals surface area (Å²) in [6, 6.07) is 7.70. The van der Waals surface area contributed by atoms with Crippen LogP contribution in [0.25, 0.3) is 0 Å². The summed E-state index contributed by atoms with van der Waals surface area (Å²) in [6.07, 6.45) is 0.125. The molecule has 0 amide bonds. The van der Waals surface area contributed by atoms with Gasteiger partial charge in [0.25, 0.3) is 0 Å². The first-order valence-electron chi connectivity index (χ1n) is 6.35. The van der Waals surface area contributed by atoms with Gasteiger partial charge in [-0.15, -0.1) is 0 Å². The van der Waals surface area contributed by atoms with Crippen LogP contribution in [0.15, 0.2) is 24.3 Å². The molecule has 0 spiro atoms. The Balaban J connectivity index is 2.28. The lowest BCUT2D eigenvalue weighted by molar-refractivity contribution is 0.184. The summed E-state index contributed by atoms with van der Waals surface area (Å²) in [7, 11) is 1.70. The Hall–Kier alpha value is -1.26. The molecule has 0 aliphatic heterocycles. The summed E-state index contributed by atoms with van der Waals surface area (Å²) >= 11 is 0. The molecule has 0 aliphatic carbocycles. The number of benzene rings is 1. The van der Waals surface area contributed by atoms with Gasteiger partial charge in [-0.05, 0) is 38.1 Å². The predicted molar refractivity (Wildman–Crippen MR) is 72.4 cm³/mol. The Morgan fingerprint density at radius 3 is 2.44 bits per heavy atom. The number of rotatable bonds is 9. The second kappa shape index (κ2) is 8.78. The van der Waals surface area contributed by atoms with Crippen molar-refractivity contribution in [3.63, 3.8) is 0 Å². The van der Waals surface area contributed by atoms with Gasteiger partial charge < -0.3 is 19.5 Å². The van der Waals surface area contributed by atoms with E-state index in [9.17, 15) is 0 Å². The maximum atomic E-state index is 5.77. The Morgan fingerprint density at radius 1 is 1.17 bits per heavy atom. The average molecular weight is 253 g/mol. The third-order valence-electron chi connectivity index (χ3n) is 2.39. The molecule has 0 saturated heterocycles. The number of hydrogen-bond acceptors (Lipinski definition) is 4. The standard InChI is InChI=1S/C14H23NO3/c1-4-17-13-5-7-14(8-6-13)18-12(2)11-15-9-10-16-3/h5-8,12,15H,4,9-11H2,1-3H3. The van der Waals surface area contributed by atoms with Crippen molar-refractivity contribution in [2.45, 2.75) is 20.0 Å². The molecule has 4 nitrogen and oxygen atoms in total. The summed E-state index contributed by atoms with van der Waals surface area (Å²) in [6.45, 7) is 7.05. The van der Waals surface area contributed by atoms with Gasteiger partial charge in [0.05, 0.1) is 13.2 Å². The predicted octanol–water partition coefficient (Wildman–Crippen LogP) is 2.09. The van der Waals surface area contributed by atoms with Gasteiger partial charge in [-0.25, -0.2) is 0 Å². The topological polar surface area (TPSA) is 39.7 Å². The highest BCUT2D eigenvalue weighted by molar-refractivity contribution is 5.31. The lowest BCUT2D eigenvalue weighted by atomic mass is 10.3. The molecule has 0 bridgehead atoms. The molecule has 1 aromatic rings. The van der Waals surface area contributed by atoms with Gasteiger partial charge in [-0.1, -0.05) is 0 Å². The molecule has 0 fully saturated rings. The summed E-state index contributed by atoms with van der Waals surface area (Å²) in [5.41, 5.74) is 0. The van der Waals surface area contributed by atoms with Crippen molar-refractivity contribution >= 4 is 0 Å². The molecule has 1 atom stereocenters. The fraction of sp³-hybridized carbons (Fsp3) is 0.571. The normalized spacial score (nSPS) is 12.2. The minimum absolute atomic E-state index is 0.125. The smallest absolute Gasteiger partial charge is 0.120 e. The first-order chi connectivity index (χ1) is 8.76. The SMILES string of the molecule is CCOc1ccc(OC(C)CNCCOC)cc1. The van der Waals surface area contributed by atoms with Gasteiger partial charge >= 0.3 is 0 Å². The van der Waals surface area contributed by atoms with Crippen LogP contribution in [0.2, 0.25) is 0 Å². The van der Waals surface area contributed by atoms with Crippen molar-refractivity contribution in [3.8, 4) is 11.5 Å². The van der Waals surface area contributed by atoms with Gasteiger partial charge in [0.2, 0.25) is 0 Å². The zero-order chi connectivity index (χ0) is 13.2. The summed E-state index contributed by atoms with van der Waals surface area (Å²) in [4.78, 5) is 0. The van der Waals surface area contributed by atoms with E-state index < -0.39 is 0 Å². The Kier molecular flexibility index (Phi) is 7.22. The minimum atomic E-state index is 0.125. The molecule has 18 heavy (non-hydrogen) atoms.